The highest BCUT2D eigenvalue weighted by molar-refractivity contribution is 8.00. The summed E-state index contributed by atoms with van der Waals surface area (Å²) in [6.45, 7) is 1.07. The van der Waals surface area contributed by atoms with E-state index in [1.54, 1.807) is 0 Å². The first-order valence-corrected chi connectivity index (χ1v) is 7.36. The molecule has 0 spiro atoms. The molecule has 0 aliphatic carbocycles. The number of hydrogen-bond donors (Lipinski definition) is 0. The first kappa shape index (κ1) is 11.9. The molecule has 1 fully saturated rings. The van der Waals surface area contributed by atoms with Gasteiger partial charge in [0, 0.05) is 28.9 Å². The maximum Gasteiger partial charge on any atom is 0.0471 e. The van der Waals surface area contributed by atoms with Crippen LogP contribution in [0, 0.1) is 0 Å². The fourth-order valence-electron chi connectivity index (χ4n) is 2.20. The first-order valence-electron chi connectivity index (χ1n) is 6.04. The topological polar surface area (TPSA) is 3.24 Å². The molecule has 2 aromatic carbocycles. The molecule has 3 heteroatoms. The summed E-state index contributed by atoms with van der Waals surface area (Å²) < 4.78 is 2.36. The van der Waals surface area contributed by atoms with Crippen LogP contribution in [0.15, 0.2) is 54.6 Å². The zero-order valence-electron chi connectivity index (χ0n) is 9.92. The minimum absolute atomic E-state index is 0.617. The molecule has 0 N–H and O–H groups in total. The number of anilines is 1. The van der Waals surface area contributed by atoms with E-state index in [0.717, 1.165) is 17.3 Å². The Morgan fingerprint density at radius 3 is 2.44 bits per heavy atom. The third-order valence-electron chi connectivity index (χ3n) is 3.20. The zero-order chi connectivity index (χ0) is 12.4. The van der Waals surface area contributed by atoms with Crippen LogP contribution < -0.4 is 4.31 Å². The van der Waals surface area contributed by atoms with Crippen molar-refractivity contribution in [2.45, 2.75) is 5.92 Å². The van der Waals surface area contributed by atoms with Crippen LogP contribution in [0.4, 0.5) is 5.69 Å². The Labute approximate surface area is 117 Å². The predicted molar refractivity (Wildman–Crippen MR) is 80.4 cm³/mol. The lowest BCUT2D eigenvalue weighted by molar-refractivity contribution is 0.823. The molecule has 1 heterocycles. The van der Waals surface area contributed by atoms with Gasteiger partial charge in [0.25, 0.3) is 0 Å². The zero-order valence-corrected chi connectivity index (χ0v) is 11.5. The second-order valence-corrected chi connectivity index (χ2v) is 5.91. The monoisotopic (exact) mass is 275 g/mol. The van der Waals surface area contributed by atoms with Crippen LogP contribution in [0.3, 0.4) is 0 Å². The predicted octanol–water partition coefficient (Wildman–Crippen LogP) is 4.59. The number of halogens is 1. The molecule has 0 bridgehead atoms. The second kappa shape index (κ2) is 5.25. The fraction of sp³-hybridized carbons (Fsp3) is 0.200. The Morgan fingerprint density at radius 1 is 1.00 bits per heavy atom. The van der Waals surface area contributed by atoms with Crippen LogP contribution in [-0.4, -0.2) is 12.3 Å². The van der Waals surface area contributed by atoms with Crippen molar-refractivity contribution < 1.29 is 0 Å². The van der Waals surface area contributed by atoms with E-state index in [1.165, 1.54) is 11.3 Å². The molecule has 1 aliphatic heterocycles. The van der Waals surface area contributed by atoms with Crippen molar-refractivity contribution in [3.63, 3.8) is 0 Å². The maximum atomic E-state index is 5.92. The van der Waals surface area contributed by atoms with Gasteiger partial charge in [0.05, 0.1) is 0 Å². The second-order valence-electron chi connectivity index (χ2n) is 4.44. The van der Waals surface area contributed by atoms with Crippen molar-refractivity contribution in [3.8, 4) is 0 Å². The van der Waals surface area contributed by atoms with Gasteiger partial charge in [-0.3, -0.25) is 0 Å². The molecular formula is C15H14ClNS. The van der Waals surface area contributed by atoms with Gasteiger partial charge < -0.3 is 4.31 Å². The van der Waals surface area contributed by atoms with E-state index in [9.17, 15) is 0 Å². The molecule has 2 aromatic rings. The van der Waals surface area contributed by atoms with Crippen LogP contribution in [0.25, 0.3) is 0 Å². The summed E-state index contributed by atoms with van der Waals surface area (Å²) in [5.41, 5.74) is 2.67. The highest BCUT2D eigenvalue weighted by atomic mass is 35.5. The summed E-state index contributed by atoms with van der Waals surface area (Å²) in [6.07, 6.45) is 0. The van der Waals surface area contributed by atoms with E-state index in [2.05, 4.69) is 46.8 Å². The van der Waals surface area contributed by atoms with Crippen LogP contribution in [0.1, 0.15) is 11.5 Å². The third kappa shape index (κ3) is 2.50. The van der Waals surface area contributed by atoms with E-state index in [-0.39, 0.29) is 0 Å². The Balaban J connectivity index is 1.74. The van der Waals surface area contributed by atoms with Crippen molar-refractivity contribution in [1.82, 2.24) is 0 Å². The van der Waals surface area contributed by atoms with Gasteiger partial charge in [-0.1, -0.05) is 41.9 Å². The van der Waals surface area contributed by atoms with Crippen molar-refractivity contribution in [1.29, 1.82) is 0 Å². The van der Waals surface area contributed by atoms with Gasteiger partial charge in [-0.05, 0) is 41.8 Å². The minimum Gasteiger partial charge on any atom is -0.316 e. The molecule has 1 nitrogen and oxygen atoms in total. The fourth-order valence-corrected chi connectivity index (χ4v) is 3.54. The van der Waals surface area contributed by atoms with Crippen LogP contribution >= 0.6 is 23.5 Å². The first-order chi connectivity index (χ1) is 8.83. The molecule has 3 rings (SSSR count). The average Bonchev–Trinajstić information content (AvgIpc) is 2.90. The van der Waals surface area contributed by atoms with Gasteiger partial charge in [0.2, 0.25) is 0 Å². The summed E-state index contributed by atoms with van der Waals surface area (Å²) in [5.74, 6) is 1.76. The molecule has 1 saturated heterocycles. The van der Waals surface area contributed by atoms with Gasteiger partial charge >= 0.3 is 0 Å². The summed E-state index contributed by atoms with van der Waals surface area (Å²) in [6, 6.07) is 18.8. The molecule has 0 aromatic heterocycles. The summed E-state index contributed by atoms with van der Waals surface area (Å²) >= 11 is 7.81. The van der Waals surface area contributed by atoms with E-state index in [1.807, 2.05) is 24.1 Å². The Hall–Kier alpha value is -1.12. The Bertz CT molecular complexity index is 512. The van der Waals surface area contributed by atoms with Gasteiger partial charge in [-0.2, -0.15) is 0 Å². The van der Waals surface area contributed by atoms with Crippen LogP contribution in [-0.2, 0) is 0 Å². The van der Waals surface area contributed by atoms with E-state index in [0.29, 0.717) is 5.92 Å². The summed E-state index contributed by atoms with van der Waals surface area (Å²) in [4.78, 5) is 0. The summed E-state index contributed by atoms with van der Waals surface area (Å²) in [7, 11) is 0. The molecule has 1 aliphatic rings. The van der Waals surface area contributed by atoms with Gasteiger partial charge in [0.1, 0.15) is 0 Å². The number of hydrogen-bond acceptors (Lipinski definition) is 2. The van der Waals surface area contributed by atoms with Crippen molar-refractivity contribution in [2.24, 2.45) is 0 Å². The standard InChI is InChI=1S/C15H14ClNS/c16-14-6-8-15(9-7-14)17-10-13(11-18-17)12-4-2-1-3-5-12/h1-9,13H,10-11H2. The van der Waals surface area contributed by atoms with Crippen molar-refractivity contribution in [3.05, 3.63) is 65.2 Å². The molecule has 92 valence electrons. The number of rotatable bonds is 2. The van der Waals surface area contributed by atoms with E-state index in [4.69, 9.17) is 11.6 Å². The van der Waals surface area contributed by atoms with Crippen molar-refractivity contribution >= 4 is 29.2 Å². The third-order valence-corrected chi connectivity index (χ3v) is 4.68. The van der Waals surface area contributed by atoms with E-state index >= 15 is 0 Å². The Morgan fingerprint density at radius 2 is 1.72 bits per heavy atom. The smallest absolute Gasteiger partial charge is 0.0471 e. The largest absolute Gasteiger partial charge is 0.316 e. The number of nitrogens with zero attached hydrogens (tertiary/aromatic N) is 1. The average molecular weight is 276 g/mol. The maximum absolute atomic E-state index is 5.92. The van der Waals surface area contributed by atoms with Crippen LogP contribution in [0.2, 0.25) is 5.02 Å². The summed E-state index contributed by atoms with van der Waals surface area (Å²) in [5, 5.41) is 0.794. The van der Waals surface area contributed by atoms with Gasteiger partial charge in [-0.15, -0.1) is 0 Å². The number of benzene rings is 2. The highest BCUT2D eigenvalue weighted by Crippen LogP contribution is 2.36. The molecule has 0 amide bonds. The molecule has 1 unspecified atom stereocenters. The van der Waals surface area contributed by atoms with E-state index < -0.39 is 0 Å². The highest BCUT2D eigenvalue weighted by Gasteiger charge is 2.24. The lowest BCUT2D eigenvalue weighted by Gasteiger charge is -2.17. The molecule has 1 atom stereocenters. The lowest BCUT2D eigenvalue weighted by atomic mass is 10.0. The minimum atomic E-state index is 0.617. The molecular weight excluding hydrogens is 262 g/mol. The molecule has 18 heavy (non-hydrogen) atoms. The van der Waals surface area contributed by atoms with Gasteiger partial charge in [-0.25, -0.2) is 0 Å². The van der Waals surface area contributed by atoms with Gasteiger partial charge in [0.15, 0.2) is 0 Å². The SMILES string of the molecule is Clc1ccc(N2CC(c3ccccc3)CS2)cc1. The lowest BCUT2D eigenvalue weighted by Crippen LogP contribution is -2.13. The normalized spacial score (nSPS) is 19.2. The quantitative estimate of drug-likeness (QED) is 0.738. The van der Waals surface area contributed by atoms with Crippen molar-refractivity contribution in [2.75, 3.05) is 16.6 Å². The Kier molecular flexibility index (Phi) is 3.48. The molecule has 0 radical (unpaired) electrons. The van der Waals surface area contributed by atoms with Crippen LogP contribution in [0.5, 0.6) is 0 Å². The molecule has 0 saturated carbocycles.